The molecule has 0 bridgehead atoms. The lowest BCUT2D eigenvalue weighted by atomic mass is 10.0. The molecule has 0 aromatic heterocycles. The number of hydrogen-bond donors (Lipinski definition) is 1. The Kier molecular flexibility index (Phi) is 4.47. The zero-order chi connectivity index (χ0) is 10.4. The summed E-state index contributed by atoms with van der Waals surface area (Å²) in [6.07, 6.45) is 2.17. The number of benzene rings is 1. The first-order chi connectivity index (χ1) is 6.77. The molecule has 2 N–H and O–H groups in total. The molecule has 1 aromatic carbocycles. The lowest BCUT2D eigenvalue weighted by Crippen LogP contribution is -2.11. The van der Waals surface area contributed by atoms with Crippen LogP contribution in [0.1, 0.15) is 18.9 Å². The zero-order valence-corrected chi connectivity index (χ0v) is 8.99. The quantitative estimate of drug-likeness (QED) is 0.778. The van der Waals surface area contributed by atoms with E-state index >= 15 is 0 Å². The largest absolute Gasteiger partial charge is 0.496 e. The number of nitrogens with two attached hydrogens (primary N) is 1. The third-order valence-corrected chi connectivity index (χ3v) is 2.50. The lowest BCUT2D eigenvalue weighted by molar-refractivity contribution is 0.407. The molecule has 0 amide bonds. The van der Waals surface area contributed by atoms with E-state index in [1.54, 1.807) is 7.11 Å². The molecule has 1 rings (SSSR count). The molecule has 0 aliphatic heterocycles. The van der Waals surface area contributed by atoms with Crippen LogP contribution in [0.2, 0.25) is 0 Å². The Morgan fingerprint density at radius 2 is 2.07 bits per heavy atom. The number of rotatable bonds is 5. The van der Waals surface area contributed by atoms with Crippen LogP contribution in [0.5, 0.6) is 5.75 Å². The Morgan fingerprint density at radius 3 is 2.71 bits per heavy atom. The first-order valence-corrected chi connectivity index (χ1v) is 5.10. The van der Waals surface area contributed by atoms with Gasteiger partial charge in [0.2, 0.25) is 0 Å². The molecule has 0 radical (unpaired) electrons. The fraction of sp³-hybridized carbons (Fsp3) is 0.500. The van der Waals surface area contributed by atoms with Crippen LogP contribution in [0.25, 0.3) is 0 Å². The van der Waals surface area contributed by atoms with Gasteiger partial charge in [-0.2, -0.15) is 0 Å². The summed E-state index contributed by atoms with van der Waals surface area (Å²) in [5.74, 6) is 1.57. The molecule has 0 aliphatic rings. The molecule has 2 nitrogen and oxygen atoms in total. The molecular formula is C12H19NO. The van der Waals surface area contributed by atoms with Gasteiger partial charge in [0.1, 0.15) is 5.75 Å². The summed E-state index contributed by atoms with van der Waals surface area (Å²) in [5.41, 5.74) is 6.85. The minimum Gasteiger partial charge on any atom is -0.496 e. The predicted octanol–water partition coefficient (Wildman–Crippen LogP) is 2.22. The normalized spacial score (nSPS) is 12.5. The van der Waals surface area contributed by atoms with Crippen molar-refractivity contribution in [1.82, 2.24) is 0 Å². The highest BCUT2D eigenvalue weighted by Crippen LogP contribution is 2.20. The van der Waals surface area contributed by atoms with Gasteiger partial charge in [-0.1, -0.05) is 25.1 Å². The summed E-state index contributed by atoms with van der Waals surface area (Å²) in [5, 5.41) is 0. The fourth-order valence-corrected chi connectivity index (χ4v) is 1.43. The van der Waals surface area contributed by atoms with Gasteiger partial charge in [0.05, 0.1) is 7.11 Å². The van der Waals surface area contributed by atoms with Crippen LogP contribution in [0, 0.1) is 5.92 Å². The number of para-hydroxylation sites is 1. The monoisotopic (exact) mass is 193 g/mol. The van der Waals surface area contributed by atoms with Crippen LogP contribution in [-0.4, -0.2) is 13.7 Å². The molecule has 78 valence electrons. The van der Waals surface area contributed by atoms with Crippen molar-refractivity contribution < 1.29 is 4.74 Å². The van der Waals surface area contributed by atoms with E-state index < -0.39 is 0 Å². The molecule has 0 spiro atoms. The van der Waals surface area contributed by atoms with E-state index in [1.165, 1.54) is 5.56 Å². The van der Waals surface area contributed by atoms with Crippen LogP contribution >= 0.6 is 0 Å². The predicted molar refractivity (Wildman–Crippen MR) is 59.5 cm³/mol. The van der Waals surface area contributed by atoms with E-state index in [9.17, 15) is 0 Å². The van der Waals surface area contributed by atoms with Crippen molar-refractivity contribution in [1.29, 1.82) is 0 Å². The summed E-state index contributed by atoms with van der Waals surface area (Å²) >= 11 is 0. The number of aryl methyl sites for hydroxylation is 1. The summed E-state index contributed by atoms with van der Waals surface area (Å²) in [4.78, 5) is 0. The van der Waals surface area contributed by atoms with E-state index in [0.717, 1.165) is 25.1 Å². The minimum absolute atomic E-state index is 0.583. The van der Waals surface area contributed by atoms with Gasteiger partial charge in [-0.3, -0.25) is 0 Å². The van der Waals surface area contributed by atoms with Crippen molar-refractivity contribution in [2.24, 2.45) is 11.7 Å². The molecule has 1 aromatic rings. The third-order valence-electron chi connectivity index (χ3n) is 2.50. The molecule has 0 saturated heterocycles. The topological polar surface area (TPSA) is 35.2 Å². The Morgan fingerprint density at radius 1 is 1.36 bits per heavy atom. The molecule has 1 atom stereocenters. The fourth-order valence-electron chi connectivity index (χ4n) is 1.43. The summed E-state index contributed by atoms with van der Waals surface area (Å²) in [6, 6.07) is 8.16. The van der Waals surface area contributed by atoms with Crippen molar-refractivity contribution in [2.45, 2.75) is 19.8 Å². The second-order valence-electron chi connectivity index (χ2n) is 3.69. The Labute approximate surface area is 86.1 Å². The average Bonchev–Trinajstić information content (AvgIpc) is 2.26. The van der Waals surface area contributed by atoms with Gasteiger partial charge in [-0.05, 0) is 36.9 Å². The van der Waals surface area contributed by atoms with Gasteiger partial charge >= 0.3 is 0 Å². The van der Waals surface area contributed by atoms with Gasteiger partial charge in [0, 0.05) is 0 Å². The maximum absolute atomic E-state index is 5.58. The van der Waals surface area contributed by atoms with Gasteiger partial charge in [-0.25, -0.2) is 0 Å². The van der Waals surface area contributed by atoms with E-state index in [0.29, 0.717) is 5.92 Å². The van der Waals surface area contributed by atoms with Crippen molar-refractivity contribution >= 4 is 0 Å². The first-order valence-electron chi connectivity index (χ1n) is 5.10. The standard InChI is InChI=1S/C12H19NO/c1-10(9-13)7-8-11-5-3-4-6-12(11)14-2/h3-6,10H,7-9,13H2,1-2H3/t10-/m0/s1. The molecule has 0 saturated carbocycles. The zero-order valence-electron chi connectivity index (χ0n) is 8.99. The van der Waals surface area contributed by atoms with Gasteiger partial charge in [0.25, 0.3) is 0 Å². The van der Waals surface area contributed by atoms with Crippen molar-refractivity contribution in [2.75, 3.05) is 13.7 Å². The van der Waals surface area contributed by atoms with Crippen molar-refractivity contribution in [3.05, 3.63) is 29.8 Å². The summed E-state index contributed by atoms with van der Waals surface area (Å²) in [7, 11) is 1.71. The number of ether oxygens (including phenoxy) is 1. The van der Waals surface area contributed by atoms with Gasteiger partial charge in [-0.15, -0.1) is 0 Å². The minimum atomic E-state index is 0.583. The van der Waals surface area contributed by atoms with Gasteiger partial charge < -0.3 is 10.5 Å². The van der Waals surface area contributed by atoms with Gasteiger partial charge in [0.15, 0.2) is 0 Å². The smallest absolute Gasteiger partial charge is 0.122 e. The maximum Gasteiger partial charge on any atom is 0.122 e. The summed E-state index contributed by atoms with van der Waals surface area (Å²) in [6.45, 7) is 2.94. The van der Waals surface area contributed by atoms with Crippen LogP contribution in [0.4, 0.5) is 0 Å². The van der Waals surface area contributed by atoms with Crippen LogP contribution in [0.15, 0.2) is 24.3 Å². The highest BCUT2D eigenvalue weighted by Gasteiger charge is 2.04. The molecule has 14 heavy (non-hydrogen) atoms. The lowest BCUT2D eigenvalue weighted by Gasteiger charge is -2.10. The number of methoxy groups -OCH3 is 1. The van der Waals surface area contributed by atoms with Crippen LogP contribution in [0.3, 0.4) is 0 Å². The van der Waals surface area contributed by atoms with Crippen molar-refractivity contribution in [3.63, 3.8) is 0 Å². The molecule has 0 aliphatic carbocycles. The highest BCUT2D eigenvalue weighted by atomic mass is 16.5. The van der Waals surface area contributed by atoms with E-state index in [2.05, 4.69) is 13.0 Å². The second kappa shape index (κ2) is 5.66. The summed E-state index contributed by atoms with van der Waals surface area (Å²) < 4.78 is 5.28. The maximum atomic E-state index is 5.58. The second-order valence-corrected chi connectivity index (χ2v) is 3.69. The first kappa shape index (κ1) is 11.1. The van der Waals surface area contributed by atoms with Crippen molar-refractivity contribution in [3.8, 4) is 5.75 Å². The Bertz CT molecular complexity index is 273. The van der Waals surface area contributed by atoms with Crippen LogP contribution in [-0.2, 0) is 6.42 Å². The number of hydrogen-bond acceptors (Lipinski definition) is 2. The molecule has 0 heterocycles. The average molecular weight is 193 g/mol. The van der Waals surface area contributed by atoms with E-state index in [-0.39, 0.29) is 0 Å². The third kappa shape index (κ3) is 3.04. The Balaban J connectivity index is 2.57. The van der Waals surface area contributed by atoms with E-state index in [4.69, 9.17) is 10.5 Å². The molecule has 0 fully saturated rings. The Hall–Kier alpha value is -1.02. The molecule has 0 unspecified atom stereocenters. The molecular weight excluding hydrogens is 174 g/mol. The SMILES string of the molecule is COc1ccccc1CC[C@H](C)CN. The van der Waals surface area contributed by atoms with Crippen LogP contribution < -0.4 is 10.5 Å². The van der Waals surface area contributed by atoms with E-state index in [1.807, 2.05) is 18.2 Å². The molecule has 2 heteroatoms. The highest BCUT2D eigenvalue weighted by molar-refractivity contribution is 5.33.